The third-order valence-electron chi connectivity index (χ3n) is 2.72. The molecular weight excluding hydrogens is 212 g/mol. The van der Waals surface area contributed by atoms with Crippen LogP contribution >= 0.6 is 0 Å². The highest BCUT2D eigenvalue weighted by Crippen LogP contribution is 2.24. The maximum absolute atomic E-state index is 12.1. The maximum atomic E-state index is 12.1. The summed E-state index contributed by atoms with van der Waals surface area (Å²) in [6, 6.07) is 3.91. The van der Waals surface area contributed by atoms with Gasteiger partial charge in [0.15, 0.2) is 5.78 Å². The van der Waals surface area contributed by atoms with Crippen molar-refractivity contribution in [1.29, 1.82) is 0 Å². The van der Waals surface area contributed by atoms with E-state index < -0.39 is 0 Å². The van der Waals surface area contributed by atoms with E-state index in [4.69, 9.17) is 4.74 Å². The fourth-order valence-electron chi connectivity index (χ4n) is 1.88. The van der Waals surface area contributed by atoms with Crippen LogP contribution in [0.1, 0.15) is 48.7 Å². The second kappa shape index (κ2) is 5.85. The van der Waals surface area contributed by atoms with Crippen LogP contribution in [-0.2, 0) is 0 Å². The first-order chi connectivity index (χ1) is 7.95. The van der Waals surface area contributed by atoms with E-state index in [0.717, 1.165) is 22.4 Å². The topological polar surface area (TPSA) is 26.3 Å². The summed E-state index contributed by atoms with van der Waals surface area (Å²) < 4.78 is 5.52. The SMILES string of the molecule is CCOc1cc(C)c(C(=O)CC(C)C)cc1C. The second-order valence-corrected chi connectivity index (χ2v) is 4.89. The zero-order chi connectivity index (χ0) is 13.0. The van der Waals surface area contributed by atoms with Gasteiger partial charge in [-0.25, -0.2) is 0 Å². The molecule has 0 aromatic heterocycles. The maximum Gasteiger partial charge on any atom is 0.163 e. The zero-order valence-electron chi connectivity index (χ0n) is 11.5. The van der Waals surface area contributed by atoms with E-state index in [2.05, 4.69) is 13.8 Å². The quantitative estimate of drug-likeness (QED) is 0.721. The Balaban J connectivity index is 3.02. The molecule has 0 N–H and O–H groups in total. The van der Waals surface area contributed by atoms with Crippen LogP contribution in [0.25, 0.3) is 0 Å². The molecule has 94 valence electrons. The molecule has 0 aliphatic rings. The van der Waals surface area contributed by atoms with Crippen LogP contribution in [-0.4, -0.2) is 12.4 Å². The van der Waals surface area contributed by atoms with Gasteiger partial charge in [0.2, 0.25) is 0 Å². The molecule has 1 aromatic carbocycles. The first-order valence-electron chi connectivity index (χ1n) is 6.23. The minimum Gasteiger partial charge on any atom is -0.494 e. The summed E-state index contributed by atoms with van der Waals surface area (Å²) in [5.41, 5.74) is 2.87. The molecule has 0 bridgehead atoms. The minimum absolute atomic E-state index is 0.226. The van der Waals surface area contributed by atoms with Gasteiger partial charge in [-0.1, -0.05) is 13.8 Å². The average molecular weight is 234 g/mol. The van der Waals surface area contributed by atoms with E-state index in [1.54, 1.807) is 0 Å². The Hall–Kier alpha value is -1.31. The molecule has 0 amide bonds. The summed E-state index contributed by atoms with van der Waals surface area (Å²) in [5, 5.41) is 0. The Bertz CT molecular complexity index is 406. The Labute approximate surface area is 104 Å². The van der Waals surface area contributed by atoms with Gasteiger partial charge in [0.25, 0.3) is 0 Å². The monoisotopic (exact) mass is 234 g/mol. The molecule has 0 saturated carbocycles. The molecule has 2 heteroatoms. The second-order valence-electron chi connectivity index (χ2n) is 4.89. The number of benzene rings is 1. The van der Waals surface area contributed by atoms with Gasteiger partial charge in [0.05, 0.1) is 6.61 Å². The van der Waals surface area contributed by atoms with Crippen molar-refractivity contribution in [2.75, 3.05) is 6.61 Å². The molecule has 0 unspecified atom stereocenters. The van der Waals surface area contributed by atoms with Gasteiger partial charge < -0.3 is 4.74 Å². The molecule has 0 atom stereocenters. The number of ketones is 1. The molecule has 0 aliphatic carbocycles. The van der Waals surface area contributed by atoms with Gasteiger partial charge in [-0.05, 0) is 49.9 Å². The van der Waals surface area contributed by atoms with Gasteiger partial charge in [-0.15, -0.1) is 0 Å². The van der Waals surface area contributed by atoms with Crippen LogP contribution < -0.4 is 4.74 Å². The predicted molar refractivity (Wildman–Crippen MR) is 70.9 cm³/mol. The standard InChI is InChI=1S/C15H22O2/c1-6-17-15-9-11(4)13(8-12(15)5)14(16)7-10(2)3/h8-10H,6-7H2,1-5H3. The Kier molecular flexibility index (Phi) is 4.73. The van der Waals surface area contributed by atoms with E-state index in [0.29, 0.717) is 18.9 Å². The van der Waals surface area contributed by atoms with Gasteiger partial charge in [0.1, 0.15) is 5.75 Å². The molecule has 1 aromatic rings. The molecule has 0 spiro atoms. The summed E-state index contributed by atoms with van der Waals surface area (Å²) in [6.07, 6.45) is 0.605. The number of ether oxygens (including phenoxy) is 1. The van der Waals surface area contributed by atoms with E-state index in [1.807, 2.05) is 32.9 Å². The molecule has 0 radical (unpaired) electrons. The molecule has 1 rings (SSSR count). The van der Waals surface area contributed by atoms with Gasteiger partial charge in [-0.3, -0.25) is 4.79 Å². The van der Waals surface area contributed by atoms with Crippen LogP contribution in [0.3, 0.4) is 0 Å². The lowest BCUT2D eigenvalue weighted by molar-refractivity contribution is 0.0967. The lowest BCUT2D eigenvalue weighted by Gasteiger charge is -2.12. The summed E-state index contributed by atoms with van der Waals surface area (Å²) in [6.45, 7) is 10.7. The molecule has 0 fully saturated rings. The highest BCUT2D eigenvalue weighted by Gasteiger charge is 2.13. The highest BCUT2D eigenvalue weighted by molar-refractivity contribution is 5.97. The molecule has 0 heterocycles. The van der Waals surface area contributed by atoms with Crippen molar-refractivity contribution in [1.82, 2.24) is 0 Å². The van der Waals surface area contributed by atoms with Gasteiger partial charge in [-0.2, -0.15) is 0 Å². The number of carbonyl (C=O) groups is 1. The fourth-order valence-corrected chi connectivity index (χ4v) is 1.88. The van der Waals surface area contributed by atoms with Crippen molar-refractivity contribution < 1.29 is 9.53 Å². The van der Waals surface area contributed by atoms with Crippen molar-refractivity contribution in [3.63, 3.8) is 0 Å². The largest absolute Gasteiger partial charge is 0.494 e. The van der Waals surface area contributed by atoms with Crippen LogP contribution in [0.15, 0.2) is 12.1 Å². The number of Topliss-reactive ketones (excluding diaryl/α,β-unsaturated/α-hetero) is 1. The highest BCUT2D eigenvalue weighted by atomic mass is 16.5. The van der Waals surface area contributed by atoms with E-state index in [9.17, 15) is 4.79 Å². The van der Waals surface area contributed by atoms with Crippen LogP contribution in [0, 0.1) is 19.8 Å². The van der Waals surface area contributed by atoms with Crippen molar-refractivity contribution >= 4 is 5.78 Å². The van der Waals surface area contributed by atoms with Crippen molar-refractivity contribution in [2.45, 2.75) is 41.0 Å². The lowest BCUT2D eigenvalue weighted by atomic mass is 9.96. The van der Waals surface area contributed by atoms with Crippen molar-refractivity contribution in [3.05, 3.63) is 28.8 Å². The third-order valence-corrected chi connectivity index (χ3v) is 2.72. The summed E-state index contributed by atoms with van der Waals surface area (Å²) in [5.74, 6) is 1.50. The van der Waals surface area contributed by atoms with E-state index >= 15 is 0 Å². The molecular formula is C15H22O2. The van der Waals surface area contributed by atoms with E-state index in [-0.39, 0.29) is 5.78 Å². The molecule has 0 saturated heterocycles. The number of hydrogen-bond donors (Lipinski definition) is 0. The normalized spacial score (nSPS) is 10.7. The smallest absolute Gasteiger partial charge is 0.163 e. The Morgan fingerprint density at radius 3 is 2.41 bits per heavy atom. The molecule has 2 nitrogen and oxygen atoms in total. The number of carbonyl (C=O) groups excluding carboxylic acids is 1. The van der Waals surface area contributed by atoms with E-state index in [1.165, 1.54) is 0 Å². The fraction of sp³-hybridized carbons (Fsp3) is 0.533. The minimum atomic E-state index is 0.226. The zero-order valence-corrected chi connectivity index (χ0v) is 11.5. The van der Waals surface area contributed by atoms with Crippen LogP contribution in [0.2, 0.25) is 0 Å². The number of rotatable bonds is 5. The van der Waals surface area contributed by atoms with Crippen LogP contribution in [0.4, 0.5) is 0 Å². The molecule has 17 heavy (non-hydrogen) atoms. The van der Waals surface area contributed by atoms with Crippen molar-refractivity contribution in [3.8, 4) is 5.75 Å². The average Bonchev–Trinajstić information content (AvgIpc) is 2.22. The predicted octanol–water partition coefficient (Wildman–Crippen LogP) is 3.93. The number of hydrogen-bond acceptors (Lipinski definition) is 2. The summed E-state index contributed by atoms with van der Waals surface area (Å²) in [4.78, 5) is 12.1. The summed E-state index contributed by atoms with van der Waals surface area (Å²) in [7, 11) is 0. The van der Waals surface area contributed by atoms with Crippen molar-refractivity contribution in [2.24, 2.45) is 5.92 Å². The summed E-state index contributed by atoms with van der Waals surface area (Å²) >= 11 is 0. The third kappa shape index (κ3) is 3.58. The Morgan fingerprint density at radius 2 is 1.88 bits per heavy atom. The van der Waals surface area contributed by atoms with Gasteiger partial charge >= 0.3 is 0 Å². The molecule has 0 aliphatic heterocycles. The first kappa shape index (κ1) is 13.8. The first-order valence-corrected chi connectivity index (χ1v) is 6.23. The Morgan fingerprint density at radius 1 is 1.24 bits per heavy atom. The number of aryl methyl sites for hydroxylation is 2. The lowest BCUT2D eigenvalue weighted by Crippen LogP contribution is -2.07. The van der Waals surface area contributed by atoms with Crippen LogP contribution in [0.5, 0.6) is 5.75 Å². The van der Waals surface area contributed by atoms with Gasteiger partial charge in [0, 0.05) is 12.0 Å².